The van der Waals surface area contributed by atoms with Crippen LogP contribution in [0.4, 0.5) is 21.9 Å². The maximum atomic E-state index is 12.3. The van der Waals surface area contributed by atoms with Gasteiger partial charge in [0.2, 0.25) is 5.91 Å². The van der Waals surface area contributed by atoms with Gasteiger partial charge in [0.1, 0.15) is 0 Å². The topological polar surface area (TPSA) is 87.7 Å². The van der Waals surface area contributed by atoms with Crippen LogP contribution in [0, 0.1) is 5.92 Å². The largest absolute Gasteiger partial charge is 0.452 e. The van der Waals surface area contributed by atoms with Gasteiger partial charge in [-0.25, -0.2) is 4.79 Å². The second-order valence-corrected chi connectivity index (χ2v) is 6.25. The predicted molar refractivity (Wildman–Crippen MR) is 105 cm³/mol. The number of carbonyl (C=O) groups is 3. The molecule has 27 heavy (non-hydrogen) atoms. The lowest BCUT2D eigenvalue weighted by Crippen LogP contribution is -2.25. The molecule has 2 aromatic carbocycles. The number of anilines is 3. The van der Waals surface area contributed by atoms with E-state index in [0.717, 1.165) is 0 Å². The summed E-state index contributed by atoms with van der Waals surface area (Å²) < 4.78 is 4.66. The van der Waals surface area contributed by atoms with Crippen molar-refractivity contribution in [2.75, 3.05) is 29.7 Å². The third-order valence-corrected chi connectivity index (χ3v) is 3.90. The van der Waals surface area contributed by atoms with E-state index in [1.54, 1.807) is 55.6 Å². The Hall–Kier alpha value is -3.35. The first-order valence-corrected chi connectivity index (χ1v) is 8.46. The standard InChI is InChI=1S/C20H23N3O4/c1-13(2)18(24)21-15-7-5-14(6-8-15)19(25)22-16-9-11-17(12-10-16)23(3)20(26)27-4/h5-13H,1-4H3,(H,21,24)(H,22,25). The first-order valence-electron chi connectivity index (χ1n) is 8.46. The van der Waals surface area contributed by atoms with Crippen LogP contribution in [-0.2, 0) is 9.53 Å². The summed E-state index contributed by atoms with van der Waals surface area (Å²) in [6.07, 6.45) is -0.476. The van der Waals surface area contributed by atoms with Gasteiger partial charge in [0, 0.05) is 35.6 Å². The number of benzene rings is 2. The molecule has 7 heteroatoms. The highest BCUT2D eigenvalue weighted by molar-refractivity contribution is 6.04. The van der Waals surface area contributed by atoms with Crippen LogP contribution in [0.3, 0.4) is 0 Å². The van der Waals surface area contributed by atoms with Crippen molar-refractivity contribution >= 4 is 35.0 Å². The Kier molecular flexibility index (Phi) is 6.54. The van der Waals surface area contributed by atoms with Gasteiger partial charge >= 0.3 is 6.09 Å². The number of nitrogens with zero attached hydrogens (tertiary/aromatic N) is 1. The highest BCUT2D eigenvalue weighted by atomic mass is 16.5. The van der Waals surface area contributed by atoms with Crippen LogP contribution in [0.15, 0.2) is 48.5 Å². The van der Waals surface area contributed by atoms with Crippen LogP contribution in [-0.4, -0.2) is 32.1 Å². The van der Waals surface area contributed by atoms with E-state index in [9.17, 15) is 14.4 Å². The Labute approximate surface area is 158 Å². The number of methoxy groups -OCH3 is 1. The Morgan fingerprint density at radius 2 is 1.41 bits per heavy atom. The summed E-state index contributed by atoms with van der Waals surface area (Å²) in [5.41, 5.74) is 2.35. The number of hydrogen-bond acceptors (Lipinski definition) is 4. The summed E-state index contributed by atoms with van der Waals surface area (Å²) in [5.74, 6) is -0.468. The van der Waals surface area contributed by atoms with Gasteiger partial charge in [-0.05, 0) is 48.5 Å². The van der Waals surface area contributed by atoms with Gasteiger partial charge in [0.05, 0.1) is 7.11 Å². The summed E-state index contributed by atoms with van der Waals surface area (Å²) in [6, 6.07) is 13.5. The molecule has 0 unspecified atom stereocenters. The van der Waals surface area contributed by atoms with Gasteiger partial charge < -0.3 is 15.4 Å². The maximum absolute atomic E-state index is 12.3. The summed E-state index contributed by atoms with van der Waals surface area (Å²) >= 11 is 0. The van der Waals surface area contributed by atoms with Gasteiger partial charge in [-0.1, -0.05) is 13.8 Å². The Bertz CT molecular complexity index is 814. The molecule has 0 saturated heterocycles. The summed E-state index contributed by atoms with van der Waals surface area (Å²) in [6.45, 7) is 3.62. The molecule has 142 valence electrons. The highest BCUT2D eigenvalue weighted by Gasteiger charge is 2.12. The van der Waals surface area contributed by atoms with Gasteiger partial charge in [0.15, 0.2) is 0 Å². The molecule has 0 radical (unpaired) electrons. The van der Waals surface area contributed by atoms with Crippen molar-refractivity contribution in [1.82, 2.24) is 0 Å². The fourth-order valence-electron chi connectivity index (χ4n) is 2.21. The molecule has 2 N–H and O–H groups in total. The van der Waals surface area contributed by atoms with Crippen molar-refractivity contribution in [3.63, 3.8) is 0 Å². The van der Waals surface area contributed by atoms with Crippen LogP contribution in [0.2, 0.25) is 0 Å². The zero-order valence-corrected chi connectivity index (χ0v) is 15.8. The number of carbonyl (C=O) groups excluding carboxylic acids is 3. The molecule has 2 rings (SSSR count). The average Bonchev–Trinajstić information content (AvgIpc) is 2.67. The second kappa shape index (κ2) is 8.84. The predicted octanol–water partition coefficient (Wildman–Crippen LogP) is 3.74. The van der Waals surface area contributed by atoms with Crippen LogP contribution < -0.4 is 15.5 Å². The molecule has 0 aliphatic carbocycles. The molecule has 3 amide bonds. The van der Waals surface area contributed by atoms with Crippen molar-refractivity contribution in [3.05, 3.63) is 54.1 Å². The van der Waals surface area contributed by atoms with Crippen LogP contribution in [0.1, 0.15) is 24.2 Å². The lowest BCUT2D eigenvalue weighted by atomic mass is 10.1. The van der Waals surface area contributed by atoms with E-state index in [0.29, 0.717) is 22.6 Å². The van der Waals surface area contributed by atoms with E-state index in [2.05, 4.69) is 15.4 Å². The number of amides is 3. The molecule has 0 heterocycles. The Morgan fingerprint density at radius 1 is 0.889 bits per heavy atom. The fourth-order valence-corrected chi connectivity index (χ4v) is 2.21. The van der Waals surface area contributed by atoms with E-state index in [1.165, 1.54) is 12.0 Å². The first kappa shape index (κ1) is 20.0. The quantitative estimate of drug-likeness (QED) is 0.840. The van der Waals surface area contributed by atoms with Gasteiger partial charge in [0.25, 0.3) is 5.91 Å². The van der Waals surface area contributed by atoms with Crippen LogP contribution in [0.25, 0.3) is 0 Å². The number of nitrogens with one attached hydrogen (secondary N) is 2. The van der Waals surface area contributed by atoms with Crippen molar-refractivity contribution in [2.24, 2.45) is 5.92 Å². The van der Waals surface area contributed by atoms with Gasteiger partial charge in [-0.15, -0.1) is 0 Å². The third-order valence-electron chi connectivity index (χ3n) is 3.90. The smallest absolute Gasteiger partial charge is 0.413 e. The van der Waals surface area contributed by atoms with Crippen molar-refractivity contribution < 1.29 is 19.1 Å². The summed E-state index contributed by atoms with van der Waals surface area (Å²) in [4.78, 5) is 36.9. The highest BCUT2D eigenvalue weighted by Crippen LogP contribution is 2.18. The van der Waals surface area contributed by atoms with E-state index in [4.69, 9.17) is 0 Å². The van der Waals surface area contributed by atoms with Crippen molar-refractivity contribution in [3.8, 4) is 0 Å². The molecule has 7 nitrogen and oxygen atoms in total. The normalized spacial score (nSPS) is 10.3. The van der Waals surface area contributed by atoms with Gasteiger partial charge in [-0.3, -0.25) is 14.5 Å². The molecule has 2 aromatic rings. The molecule has 0 aliphatic heterocycles. The SMILES string of the molecule is COC(=O)N(C)c1ccc(NC(=O)c2ccc(NC(=O)C(C)C)cc2)cc1. The van der Waals surface area contributed by atoms with E-state index in [1.807, 2.05) is 13.8 Å². The van der Waals surface area contributed by atoms with Crippen molar-refractivity contribution in [1.29, 1.82) is 0 Å². The maximum Gasteiger partial charge on any atom is 0.413 e. The molecule has 0 bridgehead atoms. The molecule has 0 fully saturated rings. The minimum Gasteiger partial charge on any atom is -0.452 e. The van der Waals surface area contributed by atoms with Crippen LogP contribution >= 0.6 is 0 Å². The summed E-state index contributed by atoms with van der Waals surface area (Å²) in [5, 5.41) is 5.56. The lowest BCUT2D eigenvalue weighted by Gasteiger charge is -2.16. The van der Waals surface area contributed by atoms with E-state index < -0.39 is 6.09 Å². The first-order chi connectivity index (χ1) is 12.8. The van der Waals surface area contributed by atoms with E-state index in [-0.39, 0.29) is 17.7 Å². The monoisotopic (exact) mass is 369 g/mol. The average molecular weight is 369 g/mol. The fraction of sp³-hybridized carbons (Fsp3) is 0.250. The minimum absolute atomic E-state index is 0.0794. The lowest BCUT2D eigenvalue weighted by molar-refractivity contribution is -0.118. The molecular formula is C20H23N3O4. The minimum atomic E-state index is -0.476. The van der Waals surface area contributed by atoms with Crippen molar-refractivity contribution in [2.45, 2.75) is 13.8 Å². The van der Waals surface area contributed by atoms with Gasteiger partial charge in [-0.2, -0.15) is 0 Å². The van der Waals surface area contributed by atoms with Crippen LogP contribution in [0.5, 0.6) is 0 Å². The number of rotatable bonds is 5. The Balaban J connectivity index is 2.00. The molecule has 0 atom stereocenters. The molecular weight excluding hydrogens is 346 g/mol. The molecule has 0 saturated carbocycles. The zero-order valence-electron chi connectivity index (χ0n) is 15.8. The molecule has 0 spiro atoms. The summed E-state index contributed by atoms with van der Waals surface area (Å²) in [7, 11) is 2.91. The molecule has 0 aromatic heterocycles. The number of ether oxygens (including phenoxy) is 1. The Morgan fingerprint density at radius 3 is 1.93 bits per heavy atom. The third kappa shape index (κ3) is 5.31. The second-order valence-electron chi connectivity index (χ2n) is 6.25. The van der Waals surface area contributed by atoms with E-state index >= 15 is 0 Å². The molecule has 0 aliphatic rings. The zero-order chi connectivity index (χ0) is 20.0. The number of hydrogen-bond donors (Lipinski definition) is 2.